The van der Waals surface area contributed by atoms with Gasteiger partial charge in [0.05, 0.1) is 10.5 Å². The number of ketones is 1. The lowest BCUT2D eigenvalue weighted by atomic mass is 10.1. The van der Waals surface area contributed by atoms with Gasteiger partial charge in [0.15, 0.2) is 5.78 Å². The van der Waals surface area contributed by atoms with Crippen molar-refractivity contribution in [2.24, 2.45) is 0 Å². The number of nitrogen functional groups attached to an aromatic ring is 1. The van der Waals surface area contributed by atoms with Crippen LogP contribution in [0.2, 0.25) is 0 Å². The maximum atomic E-state index is 13.0. The van der Waals surface area contributed by atoms with E-state index in [0.717, 1.165) is 19.1 Å². The molecule has 74 valence electrons. The lowest BCUT2D eigenvalue weighted by molar-refractivity contribution is -0.384. The van der Waals surface area contributed by atoms with Gasteiger partial charge in [-0.2, -0.15) is 0 Å². The Bertz CT molecular complexity index is 417. The predicted molar refractivity (Wildman–Crippen MR) is 47.5 cm³/mol. The number of halogens is 1. The Balaban J connectivity index is 3.49. The van der Waals surface area contributed by atoms with Gasteiger partial charge < -0.3 is 5.73 Å². The summed E-state index contributed by atoms with van der Waals surface area (Å²) in [5, 5.41) is 10.4. The summed E-state index contributed by atoms with van der Waals surface area (Å²) >= 11 is 0. The summed E-state index contributed by atoms with van der Waals surface area (Å²) in [7, 11) is 0. The Labute approximate surface area is 78.5 Å². The summed E-state index contributed by atoms with van der Waals surface area (Å²) in [6.07, 6.45) is 0. The van der Waals surface area contributed by atoms with Crippen LogP contribution >= 0.6 is 0 Å². The number of nitrogens with two attached hydrogens (primary N) is 1. The molecule has 0 atom stereocenters. The van der Waals surface area contributed by atoms with Gasteiger partial charge in [-0.1, -0.05) is 0 Å². The molecule has 14 heavy (non-hydrogen) atoms. The van der Waals surface area contributed by atoms with E-state index in [-0.39, 0.29) is 0 Å². The summed E-state index contributed by atoms with van der Waals surface area (Å²) < 4.78 is 13.0. The van der Waals surface area contributed by atoms with Crippen LogP contribution in [-0.4, -0.2) is 10.7 Å². The highest BCUT2D eigenvalue weighted by Gasteiger charge is 2.20. The third-order valence-corrected chi connectivity index (χ3v) is 1.72. The molecule has 0 heterocycles. The van der Waals surface area contributed by atoms with Crippen molar-refractivity contribution in [1.29, 1.82) is 0 Å². The Morgan fingerprint density at radius 2 is 2.14 bits per heavy atom. The van der Waals surface area contributed by atoms with Crippen LogP contribution in [0, 0.1) is 15.9 Å². The van der Waals surface area contributed by atoms with Crippen molar-refractivity contribution in [1.82, 2.24) is 0 Å². The molecule has 0 aliphatic rings. The molecular formula is C8H7FN2O3. The normalized spacial score (nSPS) is 9.86. The number of anilines is 1. The highest BCUT2D eigenvalue weighted by molar-refractivity contribution is 6.01. The lowest BCUT2D eigenvalue weighted by Gasteiger charge is -2.03. The number of nitro groups is 1. The van der Waals surface area contributed by atoms with E-state index in [2.05, 4.69) is 0 Å². The second-order valence-electron chi connectivity index (χ2n) is 2.67. The van der Waals surface area contributed by atoms with Crippen molar-refractivity contribution in [3.63, 3.8) is 0 Å². The molecule has 1 rings (SSSR count). The van der Waals surface area contributed by atoms with Gasteiger partial charge in [0.2, 0.25) is 0 Å². The fraction of sp³-hybridized carbons (Fsp3) is 0.125. The SMILES string of the molecule is CC(=O)c1c(F)ccc([N+](=O)[O-])c1N. The van der Waals surface area contributed by atoms with E-state index >= 15 is 0 Å². The number of Topliss-reactive ketones (excluding diaryl/α,β-unsaturated/α-hetero) is 1. The molecule has 0 aliphatic carbocycles. The maximum Gasteiger partial charge on any atom is 0.293 e. The first-order valence-corrected chi connectivity index (χ1v) is 3.68. The van der Waals surface area contributed by atoms with Gasteiger partial charge in [-0.05, 0) is 13.0 Å². The van der Waals surface area contributed by atoms with E-state index in [4.69, 9.17) is 5.73 Å². The molecule has 1 aromatic rings. The van der Waals surface area contributed by atoms with Crippen LogP contribution in [0.4, 0.5) is 15.8 Å². The summed E-state index contributed by atoms with van der Waals surface area (Å²) in [5.41, 5.74) is 3.96. The van der Waals surface area contributed by atoms with E-state index in [0.29, 0.717) is 0 Å². The van der Waals surface area contributed by atoms with Gasteiger partial charge in [-0.15, -0.1) is 0 Å². The summed E-state index contributed by atoms with van der Waals surface area (Å²) in [6, 6.07) is 1.78. The van der Waals surface area contributed by atoms with Crippen LogP contribution in [0.5, 0.6) is 0 Å². The molecule has 1 aromatic carbocycles. The van der Waals surface area contributed by atoms with Crippen molar-refractivity contribution in [2.45, 2.75) is 6.92 Å². The topological polar surface area (TPSA) is 86.2 Å². The number of nitro benzene ring substituents is 1. The maximum absolute atomic E-state index is 13.0. The number of benzene rings is 1. The second-order valence-corrected chi connectivity index (χ2v) is 2.67. The van der Waals surface area contributed by atoms with Gasteiger partial charge in [0.1, 0.15) is 11.5 Å². The minimum absolute atomic E-state index is 0.428. The standard InChI is InChI=1S/C8H7FN2O3/c1-4(12)7-5(9)2-3-6(8(7)10)11(13)14/h2-3H,10H2,1H3. The van der Waals surface area contributed by atoms with Crippen molar-refractivity contribution < 1.29 is 14.1 Å². The minimum Gasteiger partial charge on any atom is -0.392 e. The Morgan fingerprint density at radius 3 is 2.57 bits per heavy atom. The van der Waals surface area contributed by atoms with Crippen LogP contribution in [-0.2, 0) is 0 Å². The number of hydrogen-bond acceptors (Lipinski definition) is 4. The van der Waals surface area contributed by atoms with Gasteiger partial charge in [-0.25, -0.2) is 4.39 Å². The average molecular weight is 198 g/mol. The van der Waals surface area contributed by atoms with E-state index in [1.165, 1.54) is 0 Å². The van der Waals surface area contributed by atoms with Crippen LogP contribution < -0.4 is 5.73 Å². The van der Waals surface area contributed by atoms with Gasteiger partial charge in [0.25, 0.3) is 5.69 Å². The number of hydrogen-bond donors (Lipinski definition) is 1. The number of carbonyl (C=O) groups is 1. The highest BCUT2D eigenvalue weighted by Crippen LogP contribution is 2.27. The van der Waals surface area contributed by atoms with E-state index in [9.17, 15) is 19.3 Å². The number of rotatable bonds is 2. The monoisotopic (exact) mass is 198 g/mol. The minimum atomic E-state index is -0.847. The molecule has 0 aromatic heterocycles. The average Bonchev–Trinajstić information content (AvgIpc) is 2.02. The molecule has 0 radical (unpaired) electrons. The van der Waals surface area contributed by atoms with E-state index < -0.39 is 33.5 Å². The number of carbonyl (C=O) groups excluding carboxylic acids is 1. The molecule has 0 spiro atoms. The van der Waals surface area contributed by atoms with Gasteiger partial charge >= 0.3 is 0 Å². The molecule has 2 N–H and O–H groups in total. The molecular weight excluding hydrogens is 191 g/mol. The molecule has 5 nitrogen and oxygen atoms in total. The van der Waals surface area contributed by atoms with Crippen LogP contribution in [0.1, 0.15) is 17.3 Å². The van der Waals surface area contributed by atoms with Crippen molar-refractivity contribution in [3.8, 4) is 0 Å². The third kappa shape index (κ3) is 1.54. The molecule has 0 amide bonds. The summed E-state index contributed by atoms with van der Waals surface area (Å²) in [6.45, 7) is 1.10. The Kier molecular flexibility index (Phi) is 2.46. The fourth-order valence-electron chi connectivity index (χ4n) is 1.10. The zero-order valence-corrected chi connectivity index (χ0v) is 7.28. The van der Waals surface area contributed by atoms with Gasteiger partial charge in [-0.3, -0.25) is 14.9 Å². The van der Waals surface area contributed by atoms with Crippen LogP contribution in [0.15, 0.2) is 12.1 Å². The zero-order chi connectivity index (χ0) is 10.9. The van der Waals surface area contributed by atoms with Crippen molar-refractivity contribution >= 4 is 17.2 Å². The molecule has 0 bridgehead atoms. The van der Waals surface area contributed by atoms with Crippen molar-refractivity contribution in [2.75, 3.05) is 5.73 Å². The molecule has 0 saturated carbocycles. The molecule has 0 aliphatic heterocycles. The third-order valence-electron chi connectivity index (χ3n) is 1.72. The van der Waals surface area contributed by atoms with E-state index in [1.807, 2.05) is 0 Å². The molecule has 0 fully saturated rings. The van der Waals surface area contributed by atoms with Crippen LogP contribution in [0.3, 0.4) is 0 Å². The predicted octanol–water partition coefficient (Wildman–Crippen LogP) is 1.52. The Morgan fingerprint density at radius 1 is 1.57 bits per heavy atom. The zero-order valence-electron chi connectivity index (χ0n) is 7.28. The van der Waals surface area contributed by atoms with E-state index in [1.54, 1.807) is 0 Å². The Hall–Kier alpha value is -1.98. The summed E-state index contributed by atoms with van der Waals surface area (Å²) in [4.78, 5) is 20.6. The second kappa shape index (κ2) is 3.41. The molecule has 0 unspecified atom stereocenters. The largest absolute Gasteiger partial charge is 0.392 e. The molecule has 6 heteroatoms. The fourth-order valence-corrected chi connectivity index (χ4v) is 1.10. The van der Waals surface area contributed by atoms with Crippen LogP contribution in [0.25, 0.3) is 0 Å². The smallest absolute Gasteiger partial charge is 0.293 e. The first kappa shape index (κ1) is 10.1. The van der Waals surface area contributed by atoms with Crippen molar-refractivity contribution in [3.05, 3.63) is 33.6 Å². The lowest BCUT2D eigenvalue weighted by Crippen LogP contribution is -2.06. The first-order valence-electron chi connectivity index (χ1n) is 3.68. The molecule has 0 saturated heterocycles. The highest BCUT2D eigenvalue weighted by atomic mass is 19.1. The quantitative estimate of drug-likeness (QED) is 0.338. The first-order chi connectivity index (χ1) is 6.45. The summed E-state index contributed by atoms with van der Waals surface area (Å²) in [5.74, 6) is -1.48. The van der Waals surface area contributed by atoms with Gasteiger partial charge in [0, 0.05) is 6.07 Å². The number of nitrogens with zero attached hydrogens (tertiary/aromatic N) is 1.